The van der Waals surface area contributed by atoms with Gasteiger partial charge < -0.3 is 0 Å². The van der Waals surface area contributed by atoms with Gasteiger partial charge in [0.15, 0.2) is 0 Å². The molecule has 2 aliphatic carbocycles. The number of pyridine rings is 1. The lowest BCUT2D eigenvalue weighted by Gasteiger charge is -2.17. The quantitative estimate of drug-likeness (QED) is 0.745. The summed E-state index contributed by atoms with van der Waals surface area (Å²) in [5.74, 6) is 0.885. The van der Waals surface area contributed by atoms with Crippen LogP contribution in [0.4, 0.5) is 0 Å². The average Bonchev–Trinajstić information content (AvgIpc) is 2.49. The van der Waals surface area contributed by atoms with E-state index in [0.29, 0.717) is 11.8 Å². The van der Waals surface area contributed by atoms with Crippen molar-refractivity contribution in [3.63, 3.8) is 0 Å². The Labute approximate surface area is 108 Å². The zero-order valence-electron chi connectivity index (χ0n) is 10.4. The molecule has 1 heteroatoms. The maximum absolute atomic E-state index is 4.85. The van der Waals surface area contributed by atoms with Gasteiger partial charge in [0, 0.05) is 23.2 Å². The van der Waals surface area contributed by atoms with Gasteiger partial charge in [0.25, 0.3) is 0 Å². The van der Waals surface area contributed by atoms with Crippen LogP contribution >= 0.6 is 0 Å². The van der Waals surface area contributed by atoms with Gasteiger partial charge in [-0.3, -0.25) is 4.98 Å². The first-order valence-corrected chi connectivity index (χ1v) is 6.57. The molecule has 0 radical (unpaired) electrons. The van der Waals surface area contributed by atoms with Gasteiger partial charge in [0.05, 0.1) is 0 Å². The average molecular weight is 235 g/mol. The van der Waals surface area contributed by atoms with Gasteiger partial charge in [-0.05, 0) is 25.0 Å². The Balaban J connectivity index is 1.84. The van der Waals surface area contributed by atoms with Crippen LogP contribution in [0.3, 0.4) is 0 Å². The molecule has 90 valence electrons. The molecule has 0 fully saturated rings. The lowest BCUT2D eigenvalue weighted by Crippen LogP contribution is -2.05. The fourth-order valence-electron chi connectivity index (χ4n) is 2.48. The minimum absolute atomic E-state index is 0.443. The summed E-state index contributed by atoms with van der Waals surface area (Å²) in [7, 11) is 0. The molecule has 0 amide bonds. The number of rotatable bonds is 2. The number of hydrogen-bond acceptors (Lipinski definition) is 1. The predicted molar refractivity (Wildman–Crippen MR) is 75.5 cm³/mol. The summed E-state index contributed by atoms with van der Waals surface area (Å²) in [6, 6.07) is 6.41. The Kier molecular flexibility index (Phi) is 3.22. The Hall–Kier alpha value is -1.89. The summed E-state index contributed by atoms with van der Waals surface area (Å²) < 4.78 is 0. The molecule has 3 rings (SSSR count). The van der Waals surface area contributed by atoms with Crippen molar-refractivity contribution in [3.8, 4) is 0 Å². The van der Waals surface area contributed by atoms with Gasteiger partial charge in [-0.15, -0.1) is 0 Å². The van der Waals surface area contributed by atoms with E-state index in [1.807, 2.05) is 0 Å². The topological polar surface area (TPSA) is 12.9 Å². The largest absolute Gasteiger partial charge is 0.257 e. The maximum Gasteiger partial charge on any atom is 0.0479 e. The highest BCUT2D eigenvalue weighted by atomic mass is 14.7. The second kappa shape index (κ2) is 5.18. The first kappa shape index (κ1) is 11.2. The lowest BCUT2D eigenvalue weighted by molar-refractivity contribution is 0.763. The fourth-order valence-corrected chi connectivity index (χ4v) is 2.48. The van der Waals surface area contributed by atoms with Crippen LogP contribution < -0.4 is 0 Å². The third-order valence-corrected chi connectivity index (χ3v) is 3.51. The fraction of sp³-hybridized carbons (Fsp3) is 0.235. The van der Waals surface area contributed by atoms with Crippen LogP contribution in [-0.4, -0.2) is 4.98 Å². The molecule has 0 saturated heterocycles. The van der Waals surface area contributed by atoms with Crippen molar-refractivity contribution < 1.29 is 0 Å². The highest BCUT2D eigenvalue weighted by Gasteiger charge is 2.14. The molecule has 1 aromatic heterocycles. The summed E-state index contributed by atoms with van der Waals surface area (Å²) in [5, 5.41) is 0. The second-order valence-electron chi connectivity index (χ2n) is 4.80. The van der Waals surface area contributed by atoms with E-state index in [9.17, 15) is 0 Å². The summed E-state index contributed by atoms with van der Waals surface area (Å²) in [6.07, 6.45) is 19.5. The van der Waals surface area contributed by atoms with Crippen LogP contribution in [0.15, 0.2) is 66.8 Å². The van der Waals surface area contributed by atoms with Crippen molar-refractivity contribution in [2.24, 2.45) is 0 Å². The Morgan fingerprint density at radius 1 is 0.778 bits per heavy atom. The van der Waals surface area contributed by atoms with E-state index in [2.05, 4.69) is 66.8 Å². The molecule has 2 aliphatic rings. The third-order valence-electron chi connectivity index (χ3n) is 3.51. The van der Waals surface area contributed by atoms with E-state index in [1.165, 1.54) is 11.4 Å². The molecule has 2 atom stereocenters. The van der Waals surface area contributed by atoms with E-state index < -0.39 is 0 Å². The molecule has 0 saturated carbocycles. The standard InChI is InChI=1S/C17H17N/c1-3-8-14(9-4-1)16-12-7-13-17(18-16)15-10-5-2-6-11-15/h1-8,10,12-15H,9,11H2. The third kappa shape index (κ3) is 2.35. The molecule has 1 heterocycles. The van der Waals surface area contributed by atoms with Gasteiger partial charge in [0.2, 0.25) is 0 Å². The molecule has 0 aromatic carbocycles. The van der Waals surface area contributed by atoms with Crippen LogP contribution in [0.25, 0.3) is 0 Å². The number of allylic oxidation sites excluding steroid dienone is 8. The maximum atomic E-state index is 4.85. The molecule has 0 N–H and O–H groups in total. The highest BCUT2D eigenvalue weighted by Crippen LogP contribution is 2.27. The Morgan fingerprint density at radius 2 is 1.33 bits per heavy atom. The van der Waals surface area contributed by atoms with Crippen molar-refractivity contribution in [3.05, 3.63) is 78.2 Å². The summed E-state index contributed by atoms with van der Waals surface area (Å²) in [5.41, 5.74) is 2.38. The van der Waals surface area contributed by atoms with Crippen LogP contribution in [0.2, 0.25) is 0 Å². The van der Waals surface area contributed by atoms with Crippen LogP contribution in [0, 0.1) is 0 Å². The second-order valence-corrected chi connectivity index (χ2v) is 4.80. The van der Waals surface area contributed by atoms with Crippen LogP contribution in [0.5, 0.6) is 0 Å². The summed E-state index contributed by atoms with van der Waals surface area (Å²) >= 11 is 0. The van der Waals surface area contributed by atoms with E-state index in [-0.39, 0.29) is 0 Å². The van der Waals surface area contributed by atoms with Crippen LogP contribution in [-0.2, 0) is 0 Å². The first-order chi connectivity index (χ1) is 8.93. The summed E-state index contributed by atoms with van der Waals surface area (Å²) in [4.78, 5) is 4.85. The minimum atomic E-state index is 0.443. The van der Waals surface area contributed by atoms with Gasteiger partial charge >= 0.3 is 0 Å². The monoisotopic (exact) mass is 235 g/mol. The number of hydrogen-bond donors (Lipinski definition) is 0. The van der Waals surface area contributed by atoms with E-state index in [0.717, 1.165) is 12.8 Å². The van der Waals surface area contributed by atoms with Gasteiger partial charge in [-0.1, -0.05) is 54.7 Å². The van der Waals surface area contributed by atoms with Crippen LogP contribution in [0.1, 0.15) is 36.1 Å². The van der Waals surface area contributed by atoms with Gasteiger partial charge in [0.1, 0.15) is 0 Å². The number of aromatic nitrogens is 1. The molecule has 2 unspecified atom stereocenters. The minimum Gasteiger partial charge on any atom is -0.257 e. The SMILES string of the molecule is C1=CCC(c2cccc(C3C=CC=CC3)n2)C=C1. The first-order valence-electron chi connectivity index (χ1n) is 6.57. The number of nitrogens with zero attached hydrogens (tertiary/aromatic N) is 1. The van der Waals surface area contributed by atoms with Crippen molar-refractivity contribution in [2.45, 2.75) is 24.7 Å². The lowest BCUT2D eigenvalue weighted by atomic mass is 9.93. The molecule has 0 spiro atoms. The molecule has 1 nitrogen and oxygen atoms in total. The molecular weight excluding hydrogens is 218 g/mol. The van der Waals surface area contributed by atoms with Gasteiger partial charge in [-0.25, -0.2) is 0 Å². The van der Waals surface area contributed by atoms with E-state index in [4.69, 9.17) is 4.98 Å². The zero-order chi connectivity index (χ0) is 12.2. The predicted octanol–water partition coefficient (Wildman–Crippen LogP) is 4.28. The highest BCUT2D eigenvalue weighted by molar-refractivity contribution is 5.29. The molecule has 1 aromatic rings. The van der Waals surface area contributed by atoms with Crippen molar-refractivity contribution in [1.29, 1.82) is 0 Å². The molecule has 0 aliphatic heterocycles. The Morgan fingerprint density at radius 3 is 1.78 bits per heavy atom. The molecule has 18 heavy (non-hydrogen) atoms. The van der Waals surface area contributed by atoms with Crippen molar-refractivity contribution >= 4 is 0 Å². The molecule has 0 bridgehead atoms. The molecular formula is C17H17N. The smallest absolute Gasteiger partial charge is 0.0479 e. The Bertz CT molecular complexity index is 489. The summed E-state index contributed by atoms with van der Waals surface area (Å²) in [6.45, 7) is 0. The zero-order valence-corrected chi connectivity index (χ0v) is 10.4. The van der Waals surface area contributed by atoms with E-state index >= 15 is 0 Å². The van der Waals surface area contributed by atoms with Crippen molar-refractivity contribution in [1.82, 2.24) is 4.98 Å². The normalized spacial score (nSPS) is 25.6. The van der Waals surface area contributed by atoms with E-state index in [1.54, 1.807) is 0 Å². The van der Waals surface area contributed by atoms with Crippen molar-refractivity contribution in [2.75, 3.05) is 0 Å². The van der Waals surface area contributed by atoms with Gasteiger partial charge in [-0.2, -0.15) is 0 Å².